The van der Waals surface area contributed by atoms with E-state index in [1.807, 2.05) is 10.8 Å². The van der Waals surface area contributed by atoms with Crippen molar-refractivity contribution < 1.29 is 13.2 Å². The second kappa shape index (κ2) is 8.07. The van der Waals surface area contributed by atoms with Gasteiger partial charge in [0.15, 0.2) is 0 Å². The highest BCUT2D eigenvalue weighted by Crippen LogP contribution is 2.13. The third-order valence-electron chi connectivity index (χ3n) is 3.58. The number of carbonyl (C=O) groups is 1. The number of amides is 1. The van der Waals surface area contributed by atoms with Crippen LogP contribution in [0.3, 0.4) is 0 Å². The lowest BCUT2D eigenvalue weighted by atomic mass is 10.2. The number of nitrogens with one attached hydrogen (secondary N) is 1. The van der Waals surface area contributed by atoms with Gasteiger partial charge >= 0.3 is 0 Å². The van der Waals surface area contributed by atoms with Crippen molar-refractivity contribution >= 4 is 15.9 Å². The SMILES string of the molecule is CN(C)S(=O)(=O)c1ccc(C(=O)NCCCCn2ccnc2)cc1. The van der Waals surface area contributed by atoms with Crippen LogP contribution in [-0.4, -0.2) is 48.8 Å². The van der Waals surface area contributed by atoms with Crippen molar-refractivity contribution in [2.24, 2.45) is 0 Å². The Bertz CT molecular complexity index is 753. The maximum absolute atomic E-state index is 12.0. The van der Waals surface area contributed by atoms with Gasteiger partial charge in [-0.05, 0) is 37.1 Å². The molecule has 1 amide bonds. The Morgan fingerprint density at radius 3 is 2.50 bits per heavy atom. The molecular formula is C16H22N4O3S. The summed E-state index contributed by atoms with van der Waals surface area (Å²) in [5.74, 6) is -0.202. The molecule has 24 heavy (non-hydrogen) atoms. The van der Waals surface area contributed by atoms with E-state index in [1.54, 1.807) is 12.5 Å². The number of rotatable bonds is 8. The van der Waals surface area contributed by atoms with Gasteiger partial charge in [0.25, 0.3) is 5.91 Å². The smallest absolute Gasteiger partial charge is 0.251 e. The Morgan fingerprint density at radius 2 is 1.92 bits per heavy atom. The summed E-state index contributed by atoms with van der Waals surface area (Å²) < 4.78 is 27.1. The molecule has 1 aromatic heterocycles. The molecule has 7 nitrogen and oxygen atoms in total. The van der Waals surface area contributed by atoms with Crippen molar-refractivity contribution in [3.63, 3.8) is 0 Å². The molecule has 0 unspecified atom stereocenters. The predicted molar refractivity (Wildman–Crippen MR) is 91.1 cm³/mol. The summed E-state index contributed by atoms with van der Waals surface area (Å²) in [5, 5.41) is 2.84. The minimum absolute atomic E-state index is 0.171. The average molecular weight is 350 g/mol. The predicted octanol–water partition coefficient (Wildman–Crippen LogP) is 1.34. The maximum Gasteiger partial charge on any atom is 0.251 e. The lowest BCUT2D eigenvalue weighted by molar-refractivity contribution is 0.0952. The Balaban J connectivity index is 1.80. The molecule has 0 fully saturated rings. The number of unbranched alkanes of at least 4 members (excludes halogenated alkanes) is 1. The van der Waals surface area contributed by atoms with Gasteiger partial charge in [-0.15, -0.1) is 0 Å². The second-order valence-electron chi connectivity index (χ2n) is 5.58. The third-order valence-corrected chi connectivity index (χ3v) is 5.41. The van der Waals surface area contributed by atoms with Crippen LogP contribution in [0.2, 0.25) is 0 Å². The van der Waals surface area contributed by atoms with E-state index < -0.39 is 10.0 Å². The standard InChI is InChI=1S/C16H22N4O3S/c1-19(2)24(22,23)15-7-5-14(6-8-15)16(21)18-9-3-4-11-20-12-10-17-13-20/h5-8,10,12-13H,3-4,9,11H2,1-2H3,(H,18,21). The van der Waals surface area contributed by atoms with Crippen molar-refractivity contribution in [1.29, 1.82) is 0 Å². The Hall–Kier alpha value is -2.19. The van der Waals surface area contributed by atoms with Crippen LogP contribution in [0.4, 0.5) is 0 Å². The zero-order valence-corrected chi connectivity index (χ0v) is 14.7. The maximum atomic E-state index is 12.0. The Labute approximate surface area is 142 Å². The van der Waals surface area contributed by atoms with Gasteiger partial charge in [-0.1, -0.05) is 0 Å². The number of benzene rings is 1. The fraction of sp³-hybridized carbons (Fsp3) is 0.375. The highest BCUT2D eigenvalue weighted by atomic mass is 32.2. The summed E-state index contributed by atoms with van der Waals surface area (Å²) in [6.07, 6.45) is 7.21. The fourth-order valence-electron chi connectivity index (χ4n) is 2.13. The Morgan fingerprint density at radius 1 is 1.21 bits per heavy atom. The lowest BCUT2D eigenvalue weighted by Gasteiger charge is -2.11. The first-order valence-electron chi connectivity index (χ1n) is 7.68. The molecule has 0 radical (unpaired) electrons. The number of hydrogen-bond acceptors (Lipinski definition) is 4. The monoisotopic (exact) mass is 350 g/mol. The van der Waals surface area contributed by atoms with Crippen molar-refractivity contribution in [3.8, 4) is 0 Å². The lowest BCUT2D eigenvalue weighted by Crippen LogP contribution is -2.25. The van der Waals surface area contributed by atoms with Crippen LogP contribution in [0.1, 0.15) is 23.2 Å². The van der Waals surface area contributed by atoms with Gasteiger partial charge in [0.1, 0.15) is 0 Å². The molecule has 0 bridgehead atoms. The molecule has 2 aromatic rings. The van der Waals surface area contributed by atoms with Gasteiger partial charge in [-0.2, -0.15) is 0 Å². The molecule has 8 heteroatoms. The van der Waals surface area contributed by atoms with Gasteiger partial charge in [0.05, 0.1) is 11.2 Å². The minimum Gasteiger partial charge on any atom is -0.352 e. The molecule has 1 heterocycles. The van der Waals surface area contributed by atoms with Crippen LogP contribution < -0.4 is 5.32 Å². The summed E-state index contributed by atoms with van der Waals surface area (Å²) in [6, 6.07) is 5.95. The first kappa shape index (κ1) is 18.2. The second-order valence-corrected chi connectivity index (χ2v) is 7.73. The molecule has 0 aliphatic rings. The molecule has 1 aromatic carbocycles. The van der Waals surface area contributed by atoms with E-state index in [-0.39, 0.29) is 10.8 Å². The first-order chi connectivity index (χ1) is 11.4. The van der Waals surface area contributed by atoms with E-state index in [4.69, 9.17) is 0 Å². The van der Waals surface area contributed by atoms with Crippen LogP contribution in [0.5, 0.6) is 0 Å². The molecule has 0 saturated carbocycles. The topological polar surface area (TPSA) is 84.3 Å². The van der Waals surface area contributed by atoms with Crippen molar-refractivity contribution in [2.75, 3.05) is 20.6 Å². The van der Waals surface area contributed by atoms with Crippen LogP contribution >= 0.6 is 0 Å². The van der Waals surface area contributed by atoms with E-state index in [1.165, 1.54) is 38.4 Å². The molecule has 130 valence electrons. The minimum atomic E-state index is -3.47. The number of sulfonamides is 1. The number of carbonyl (C=O) groups excluding carboxylic acids is 1. The summed E-state index contributed by atoms with van der Waals surface area (Å²) in [7, 11) is -0.527. The molecule has 0 spiro atoms. The van der Waals surface area contributed by atoms with Gasteiger partial charge in [0.2, 0.25) is 10.0 Å². The number of hydrogen-bond donors (Lipinski definition) is 1. The highest BCUT2D eigenvalue weighted by Gasteiger charge is 2.17. The number of aryl methyl sites for hydroxylation is 1. The fourth-order valence-corrected chi connectivity index (χ4v) is 3.03. The van der Waals surface area contributed by atoms with Crippen molar-refractivity contribution in [1.82, 2.24) is 19.2 Å². The molecular weight excluding hydrogens is 328 g/mol. The number of nitrogens with zero attached hydrogens (tertiary/aromatic N) is 3. The first-order valence-corrected chi connectivity index (χ1v) is 9.12. The van der Waals surface area contributed by atoms with Gasteiger partial charge in [0, 0.05) is 45.1 Å². The summed E-state index contributed by atoms with van der Waals surface area (Å²) >= 11 is 0. The van der Waals surface area contributed by atoms with E-state index in [9.17, 15) is 13.2 Å². The molecule has 2 rings (SSSR count). The third kappa shape index (κ3) is 4.65. The highest BCUT2D eigenvalue weighted by molar-refractivity contribution is 7.89. The van der Waals surface area contributed by atoms with Gasteiger partial charge in [-0.3, -0.25) is 4.79 Å². The quantitative estimate of drug-likeness (QED) is 0.728. The molecule has 1 N–H and O–H groups in total. The number of aromatic nitrogens is 2. The summed E-state index contributed by atoms with van der Waals surface area (Å²) in [4.78, 5) is 16.2. The average Bonchev–Trinajstić information content (AvgIpc) is 3.07. The van der Waals surface area contributed by atoms with E-state index in [2.05, 4.69) is 10.3 Å². The number of imidazole rings is 1. The molecule has 0 saturated heterocycles. The van der Waals surface area contributed by atoms with Crippen LogP contribution in [-0.2, 0) is 16.6 Å². The normalized spacial score (nSPS) is 11.6. The summed E-state index contributed by atoms with van der Waals surface area (Å²) in [6.45, 7) is 1.44. The molecule has 0 aliphatic heterocycles. The van der Waals surface area contributed by atoms with E-state index >= 15 is 0 Å². The van der Waals surface area contributed by atoms with Crippen molar-refractivity contribution in [3.05, 3.63) is 48.5 Å². The largest absolute Gasteiger partial charge is 0.352 e. The van der Waals surface area contributed by atoms with Crippen molar-refractivity contribution in [2.45, 2.75) is 24.3 Å². The van der Waals surface area contributed by atoms with Crippen LogP contribution in [0, 0.1) is 0 Å². The van der Waals surface area contributed by atoms with Gasteiger partial charge < -0.3 is 9.88 Å². The Kier molecular flexibility index (Phi) is 6.10. The zero-order chi connectivity index (χ0) is 17.6. The van der Waals surface area contributed by atoms with E-state index in [0.717, 1.165) is 23.7 Å². The zero-order valence-electron chi connectivity index (χ0n) is 13.8. The summed E-state index contributed by atoms with van der Waals surface area (Å²) in [5.41, 5.74) is 0.447. The van der Waals surface area contributed by atoms with Gasteiger partial charge in [-0.25, -0.2) is 17.7 Å². The van der Waals surface area contributed by atoms with Crippen LogP contribution in [0.15, 0.2) is 47.9 Å². The molecule has 0 aliphatic carbocycles. The van der Waals surface area contributed by atoms with Crippen LogP contribution in [0.25, 0.3) is 0 Å². The van der Waals surface area contributed by atoms with E-state index in [0.29, 0.717) is 12.1 Å². The molecule has 0 atom stereocenters.